The molecule has 0 spiro atoms. The van der Waals surface area contributed by atoms with Crippen LogP contribution in [0.15, 0.2) is 45.9 Å². The minimum atomic E-state index is -1.14. The van der Waals surface area contributed by atoms with Crippen LogP contribution in [0.3, 0.4) is 0 Å². The van der Waals surface area contributed by atoms with Crippen molar-refractivity contribution in [1.82, 2.24) is 0 Å². The number of aldehydes is 1. The van der Waals surface area contributed by atoms with Gasteiger partial charge in [-0.2, -0.15) is 0 Å². The van der Waals surface area contributed by atoms with Gasteiger partial charge in [0, 0.05) is 6.08 Å². The maximum absolute atomic E-state index is 13.2. The number of rotatable bonds is 9. The SMILES string of the molecule is C/C=C\C(F)=C(/CF)OC=NC=NC(C=O)C=CC(=O)OC. The van der Waals surface area contributed by atoms with Crippen LogP contribution >= 0.6 is 0 Å². The lowest BCUT2D eigenvalue weighted by molar-refractivity contribution is -0.134. The second-order valence-corrected chi connectivity index (χ2v) is 3.55. The van der Waals surface area contributed by atoms with Gasteiger partial charge in [0.15, 0.2) is 24.7 Å². The molecule has 0 aromatic rings. The highest BCUT2D eigenvalue weighted by atomic mass is 19.1. The van der Waals surface area contributed by atoms with Crippen LogP contribution in [-0.4, -0.2) is 44.8 Å². The van der Waals surface area contributed by atoms with Gasteiger partial charge in [0.05, 0.1) is 7.11 Å². The monoisotopic (exact) mass is 314 g/mol. The summed E-state index contributed by atoms with van der Waals surface area (Å²) in [5.41, 5.74) is 0. The quantitative estimate of drug-likeness (QED) is 0.124. The van der Waals surface area contributed by atoms with E-state index in [4.69, 9.17) is 0 Å². The van der Waals surface area contributed by atoms with E-state index in [1.807, 2.05) is 0 Å². The van der Waals surface area contributed by atoms with Gasteiger partial charge in [0.1, 0.15) is 18.7 Å². The summed E-state index contributed by atoms with van der Waals surface area (Å²) in [6.45, 7) is 0.426. The Morgan fingerprint density at radius 1 is 1.36 bits per heavy atom. The molecule has 0 rings (SSSR count). The van der Waals surface area contributed by atoms with E-state index in [1.54, 1.807) is 6.92 Å². The Hall–Kier alpha value is -2.64. The van der Waals surface area contributed by atoms with Crippen molar-refractivity contribution in [2.45, 2.75) is 13.0 Å². The smallest absolute Gasteiger partial charge is 0.330 e. The van der Waals surface area contributed by atoms with Crippen molar-refractivity contribution in [2.75, 3.05) is 13.8 Å². The number of methoxy groups -OCH3 is 1. The topological polar surface area (TPSA) is 77.3 Å². The minimum Gasteiger partial charge on any atom is -0.466 e. The van der Waals surface area contributed by atoms with Gasteiger partial charge < -0.3 is 14.3 Å². The maximum Gasteiger partial charge on any atom is 0.330 e. The summed E-state index contributed by atoms with van der Waals surface area (Å²) in [4.78, 5) is 28.7. The molecule has 0 saturated carbocycles. The highest BCUT2D eigenvalue weighted by molar-refractivity contribution is 5.83. The van der Waals surface area contributed by atoms with Crippen LogP contribution in [0.1, 0.15) is 6.92 Å². The van der Waals surface area contributed by atoms with E-state index < -0.39 is 30.3 Å². The van der Waals surface area contributed by atoms with Gasteiger partial charge in [-0.05, 0) is 19.1 Å². The van der Waals surface area contributed by atoms with Crippen LogP contribution in [0, 0.1) is 0 Å². The third kappa shape index (κ3) is 8.51. The second-order valence-electron chi connectivity index (χ2n) is 3.55. The summed E-state index contributed by atoms with van der Waals surface area (Å²) in [6, 6.07) is -0.938. The molecule has 0 heterocycles. The molecular formula is C14H16F2N2O4. The van der Waals surface area contributed by atoms with Gasteiger partial charge >= 0.3 is 5.97 Å². The summed E-state index contributed by atoms with van der Waals surface area (Å²) < 4.78 is 34.7. The first-order chi connectivity index (χ1) is 10.6. The first-order valence-corrected chi connectivity index (χ1v) is 6.07. The molecule has 0 saturated heterocycles. The number of ether oxygens (including phenoxy) is 2. The van der Waals surface area contributed by atoms with E-state index in [0.717, 1.165) is 24.9 Å². The average Bonchev–Trinajstić information content (AvgIpc) is 2.53. The first-order valence-electron chi connectivity index (χ1n) is 6.07. The van der Waals surface area contributed by atoms with E-state index in [2.05, 4.69) is 19.5 Å². The number of nitrogens with zero attached hydrogens (tertiary/aromatic N) is 2. The van der Waals surface area contributed by atoms with Crippen molar-refractivity contribution in [3.63, 3.8) is 0 Å². The van der Waals surface area contributed by atoms with Crippen molar-refractivity contribution >= 4 is 25.0 Å². The number of hydrogen-bond acceptors (Lipinski definition) is 5. The number of esters is 1. The minimum absolute atomic E-state index is 0.463. The fraction of sp³-hybridized carbons (Fsp3) is 0.286. The molecule has 0 aromatic heterocycles. The lowest BCUT2D eigenvalue weighted by Gasteiger charge is -2.00. The van der Waals surface area contributed by atoms with Crippen LogP contribution < -0.4 is 0 Å². The van der Waals surface area contributed by atoms with E-state index in [-0.39, 0.29) is 0 Å². The number of alkyl halides is 1. The summed E-state index contributed by atoms with van der Waals surface area (Å²) in [7, 11) is 1.19. The molecule has 0 fully saturated rings. The molecule has 0 aliphatic heterocycles. The molecule has 6 nitrogen and oxygen atoms in total. The predicted molar refractivity (Wildman–Crippen MR) is 78.0 cm³/mol. The van der Waals surface area contributed by atoms with E-state index in [0.29, 0.717) is 6.29 Å². The number of hydrogen-bond donors (Lipinski definition) is 0. The Labute approximate surface area is 126 Å². The van der Waals surface area contributed by atoms with Gasteiger partial charge in [0.25, 0.3) is 0 Å². The summed E-state index contributed by atoms with van der Waals surface area (Å²) in [6.07, 6.45) is 6.84. The molecule has 0 aromatic carbocycles. The van der Waals surface area contributed by atoms with Crippen molar-refractivity contribution < 1.29 is 27.8 Å². The standard InChI is InChI=1S/C14H16F2N2O4/c1-3-4-12(16)13(7-15)22-10-17-9-18-11(8-19)5-6-14(20)21-2/h3-6,8-11H,7H2,1-2H3/b4-3-,6-5?,13-12-,17-10?,18-9?. The molecule has 0 radical (unpaired) electrons. The highest BCUT2D eigenvalue weighted by Crippen LogP contribution is 2.09. The summed E-state index contributed by atoms with van der Waals surface area (Å²) >= 11 is 0. The fourth-order valence-electron chi connectivity index (χ4n) is 1.00. The van der Waals surface area contributed by atoms with Crippen LogP contribution in [0.25, 0.3) is 0 Å². The van der Waals surface area contributed by atoms with Crippen molar-refractivity contribution in [3.05, 3.63) is 35.9 Å². The Balaban J connectivity index is 4.57. The number of aliphatic imine (C=N–C) groups is 2. The Bertz CT molecular complexity index is 511. The molecule has 0 amide bonds. The summed E-state index contributed by atoms with van der Waals surface area (Å²) in [5, 5.41) is 0. The number of carbonyl (C=O) groups is 2. The Kier molecular flexibility index (Phi) is 10.7. The lowest BCUT2D eigenvalue weighted by atomic mass is 10.3. The first kappa shape index (κ1) is 19.4. The van der Waals surface area contributed by atoms with Gasteiger partial charge in [-0.15, -0.1) is 0 Å². The maximum atomic E-state index is 13.2. The van der Waals surface area contributed by atoms with E-state index in [9.17, 15) is 18.4 Å². The normalized spacial score (nSPS) is 14.7. The molecule has 0 aliphatic rings. The third-order valence-electron chi connectivity index (χ3n) is 2.03. The molecule has 0 N–H and O–H groups in total. The average molecular weight is 314 g/mol. The molecular weight excluding hydrogens is 298 g/mol. The number of carbonyl (C=O) groups excluding carboxylic acids is 2. The van der Waals surface area contributed by atoms with Crippen molar-refractivity contribution in [1.29, 1.82) is 0 Å². The highest BCUT2D eigenvalue weighted by Gasteiger charge is 2.03. The molecule has 0 aliphatic carbocycles. The number of allylic oxidation sites excluding steroid dienone is 4. The largest absolute Gasteiger partial charge is 0.466 e. The predicted octanol–water partition coefficient (Wildman–Crippen LogP) is 2.08. The zero-order valence-corrected chi connectivity index (χ0v) is 12.1. The number of halogens is 2. The molecule has 8 heteroatoms. The van der Waals surface area contributed by atoms with Crippen molar-refractivity contribution in [3.8, 4) is 0 Å². The molecule has 1 atom stereocenters. The second kappa shape index (κ2) is 12.1. The summed E-state index contributed by atoms with van der Waals surface area (Å²) in [5.74, 6) is -2.03. The van der Waals surface area contributed by atoms with Crippen LogP contribution in [-0.2, 0) is 19.1 Å². The van der Waals surface area contributed by atoms with Crippen LogP contribution in [0.5, 0.6) is 0 Å². The lowest BCUT2D eigenvalue weighted by Crippen LogP contribution is -2.04. The molecule has 22 heavy (non-hydrogen) atoms. The van der Waals surface area contributed by atoms with E-state index >= 15 is 0 Å². The van der Waals surface area contributed by atoms with Crippen LogP contribution in [0.4, 0.5) is 8.78 Å². The van der Waals surface area contributed by atoms with Crippen LogP contribution in [0.2, 0.25) is 0 Å². The van der Waals surface area contributed by atoms with Crippen molar-refractivity contribution in [2.24, 2.45) is 9.98 Å². The fourth-order valence-corrected chi connectivity index (χ4v) is 1.00. The van der Waals surface area contributed by atoms with Gasteiger partial charge in [0.2, 0.25) is 0 Å². The molecule has 0 bridgehead atoms. The molecule has 1 unspecified atom stereocenters. The van der Waals surface area contributed by atoms with Gasteiger partial charge in [-0.25, -0.2) is 18.6 Å². The van der Waals surface area contributed by atoms with Gasteiger partial charge in [-0.1, -0.05) is 6.08 Å². The van der Waals surface area contributed by atoms with Gasteiger partial charge in [-0.3, -0.25) is 4.99 Å². The Morgan fingerprint density at radius 3 is 2.64 bits per heavy atom. The Morgan fingerprint density at radius 2 is 2.09 bits per heavy atom. The van der Waals surface area contributed by atoms with E-state index in [1.165, 1.54) is 19.3 Å². The third-order valence-corrected chi connectivity index (χ3v) is 2.03. The zero-order chi connectivity index (χ0) is 16.8. The molecule has 120 valence electrons. The zero-order valence-electron chi connectivity index (χ0n) is 12.1.